The van der Waals surface area contributed by atoms with E-state index in [1.807, 2.05) is 0 Å². The first-order valence-electron chi connectivity index (χ1n) is 7.02. The van der Waals surface area contributed by atoms with Gasteiger partial charge < -0.3 is 15.2 Å². The van der Waals surface area contributed by atoms with Crippen LogP contribution in [0.1, 0.15) is 24.8 Å². The Morgan fingerprint density at radius 2 is 2.05 bits per heavy atom. The molecule has 1 fully saturated rings. The lowest BCUT2D eigenvalue weighted by atomic mass is 10.0. The molecule has 1 aromatic rings. The molecule has 1 aromatic carbocycles. The van der Waals surface area contributed by atoms with E-state index in [-0.39, 0.29) is 12.2 Å². The number of halogens is 2. The second kappa shape index (κ2) is 7.20. The van der Waals surface area contributed by atoms with Crippen LogP contribution in [0.15, 0.2) is 24.3 Å². The summed E-state index contributed by atoms with van der Waals surface area (Å²) in [5, 5.41) is 11.8. The maximum absolute atomic E-state index is 12.3. The van der Waals surface area contributed by atoms with Gasteiger partial charge in [0.15, 0.2) is 0 Å². The van der Waals surface area contributed by atoms with E-state index in [0.29, 0.717) is 18.4 Å². The van der Waals surface area contributed by atoms with Gasteiger partial charge in [-0.3, -0.25) is 9.59 Å². The van der Waals surface area contributed by atoms with E-state index >= 15 is 0 Å². The molecule has 0 aromatic heterocycles. The highest BCUT2D eigenvalue weighted by Crippen LogP contribution is 2.26. The van der Waals surface area contributed by atoms with Crippen molar-refractivity contribution in [1.29, 1.82) is 0 Å². The average Bonchev–Trinajstić information content (AvgIpc) is 2.88. The van der Waals surface area contributed by atoms with Gasteiger partial charge in [-0.05, 0) is 18.9 Å². The van der Waals surface area contributed by atoms with Crippen molar-refractivity contribution in [2.24, 2.45) is 5.92 Å². The van der Waals surface area contributed by atoms with Gasteiger partial charge in [0, 0.05) is 11.6 Å². The van der Waals surface area contributed by atoms with Crippen LogP contribution < -0.4 is 10.1 Å². The van der Waals surface area contributed by atoms with Gasteiger partial charge in [-0.2, -0.15) is 8.78 Å². The molecule has 2 atom stereocenters. The summed E-state index contributed by atoms with van der Waals surface area (Å²) in [5.74, 6) is -1.96. The molecule has 5 nitrogen and oxygen atoms in total. The van der Waals surface area contributed by atoms with E-state index in [9.17, 15) is 18.4 Å². The van der Waals surface area contributed by atoms with Gasteiger partial charge in [0.25, 0.3) is 0 Å². The zero-order valence-corrected chi connectivity index (χ0v) is 11.8. The summed E-state index contributed by atoms with van der Waals surface area (Å²) in [4.78, 5) is 23.1. The number of para-hydroxylation sites is 1. The van der Waals surface area contributed by atoms with Crippen molar-refractivity contribution < 1.29 is 28.2 Å². The molecule has 0 unspecified atom stereocenters. The van der Waals surface area contributed by atoms with Crippen molar-refractivity contribution in [2.45, 2.75) is 38.3 Å². The van der Waals surface area contributed by atoms with E-state index in [2.05, 4.69) is 10.1 Å². The number of benzene rings is 1. The maximum Gasteiger partial charge on any atom is 0.387 e. The molecule has 1 saturated carbocycles. The number of hydrogen-bond donors (Lipinski definition) is 2. The third kappa shape index (κ3) is 4.16. The van der Waals surface area contributed by atoms with E-state index < -0.39 is 30.4 Å². The second-order valence-electron chi connectivity index (χ2n) is 5.21. The van der Waals surface area contributed by atoms with E-state index in [1.165, 1.54) is 18.2 Å². The maximum atomic E-state index is 12.3. The van der Waals surface area contributed by atoms with Crippen molar-refractivity contribution in [2.75, 3.05) is 0 Å². The van der Waals surface area contributed by atoms with Gasteiger partial charge >= 0.3 is 12.6 Å². The number of hydrogen-bond acceptors (Lipinski definition) is 3. The fourth-order valence-electron chi connectivity index (χ4n) is 2.72. The lowest BCUT2D eigenvalue weighted by molar-refractivity contribution is -0.142. The Morgan fingerprint density at radius 1 is 1.32 bits per heavy atom. The van der Waals surface area contributed by atoms with E-state index in [0.717, 1.165) is 6.42 Å². The highest BCUT2D eigenvalue weighted by molar-refractivity contribution is 5.81. The predicted octanol–water partition coefficient (Wildman–Crippen LogP) is 2.20. The summed E-state index contributed by atoms with van der Waals surface area (Å²) in [6, 6.07) is 5.64. The highest BCUT2D eigenvalue weighted by Gasteiger charge is 2.33. The number of carboxylic acid groups (broad SMARTS) is 1. The molecule has 0 spiro atoms. The number of rotatable bonds is 6. The number of nitrogens with one attached hydrogen (secondary N) is 1. The number of carbonyl (C=O) groups is 2. The Balaban J connectivity index is 1.99. The van der Waals surface area contributed by atoms with Crippen molar-refractivity contribution in [3.63, 3.8) is 0 Å². The van der Waals surface area contributed by atoms with Crippen molar-refractivity contribution in [1.82, 2.24) is 5.32 Å². The smallest absolute Gasteiger partial charge is 0.387 e. The molecule has 1 amide bonds. The average molecular weight is 313 g/mol. The number of aliphatic carboxylic acids is 1. The van der Waals surface area contributed by atoms with Crippen molar-refractivity contribution >= 4 is 11.9 Å². The topological polar surface area (TPSA) is 75.6 Å². The van der Waals surface area contributed by atoms with Gasteiger partial charge in [0.2, 0.25) is 5.91 Å². The largest absolute Gasteiger partial charge is 0.481 e. The van der Waals surface area contributed by atoms with Crippen LogP contribution >= 0.6 is 0 Å². The van der Waals surface area contributed by atoms with Crippen LogP contribution in [0.3, 0.4) is 0 Å². The molecular formula is C15H17F2NO4. The first-order chi connectivity index (χ1) is 10.5. The summed E-state index contributed by atoms with van der Waals surface area (Å²) in [5.41, 5.74) is 0.338. The first-order valence-corrected chi connectivity index (χ1v) is 7.02. The second-order valence-corrected chi connectivity index (χ2v) is 5.21. The van der Waals surface area contributed by atoms with Crippen LogP contribution in [0.2, 0.25) is 0 Å². The van der Waals surface area contributed by atoms with Gasteiger partial charge in [0.1, 0.15) is 5.75 Å². The van der Waals surface area contributed by atoms with Crippen LogP contribution in [0.4, 0.5) is 8.78 Å². The molecule has 0 saturated heterocycles. The number of ether oxygens (including phenoxy) is 1. The Kier molecular flexibility index (Phi) is 5.30. The van der Waals surface area contributed by atoms with Gasteiger partial charge in [0.05, 0.1) is 12.3 Å². The van der Waals surface area contributed by atoms with Crippen LogP contribution in [0.5, 0.6) is 5.75 Å². The van der Waals surface area contributed by atoms with Gasteiger partial charge in [-0.15, -0.1) is 0 Å². The number of carbonyl (C=O) groups excluding carboxylic acids is 1. The van der Waals surface area contributed by atoms with Crippen molar-refractivity contribution in [3.8, 4) is 5.75 Å². The van der Waals surface area contributed by atoms with E-state index in [4.69, 9.17) is 5.11 Å². The Hall–Kier alpha value is -2.18. The molecule has 2 N–H and O–H groups in total. The molecule has 0 heterocycles. The van der Waals surface area contributed by atoms with Crippen LogP contribution in [-0.4, -0.2) is 29.6 Å². The predicted molar refractivity (Wildman–Crippen MR) is 73.7 cm³/mol. The fraction of sp³-hybridized carbons (Fsp3) is 0.467. The molecule has 0 radical (unpaired) electrons. The molecule has 7 heteroatoms. The molecule has 2 rings (SSSR count). The lowest BCUT2D eigenvalue weighted by Crippen LogP contribution is -2.40. The highest BCUT2D eigenvalue weighted by atomic mass is 19.3. The fourth-order valence-corrected chi connectivity index (χ4v) is 2.72. The Bertz CT molecular complexity index is 550. The summed E-state index contributed by atoms with van der Waals surface area (Å²) in [7, 11) is 0. The monoisotopic (exact) mass is 313 g/mol. The van der Waals surface area contributed by atoms with Crippen LogP contribution in [0, 0.1) is 5.92 Å². The molecule has 1 aliphatic carbocycles. The minimum atomic E-state index is -2.96. The quantitative estimate of drug-likeness (QED) is 0.844. The van der Waals surface area contributed by atoms with E-state index in [1.54, 1.807) is 6.07 Å². The van der Waals surface area contributed by atoms with Crippen molar-refractivity contribution in [3.05, 3.63) is 29.8 Å². The number of carboxylic acids is 1. The lowest BCUT2D eigenvalue weighted by Gasteiger charge is -2.18. The van der Waals surface area contributed by atoms with Gasteiger partial charge in [-0.1, -0.05) is 24.6 Å². The minimum absolute atomic E-state index is 0.0474. The minimum Gasteiger partial charge on any atom is -0.481 e. The third-order valence-electron chi connectivity index (χ3n) is 3.72. The molecule has 0 bridgehead atoms. The van der Waals surface area contributed by atoms with Crippen LogP contribution in [0.25, 0.3) is 0 Å². The number of amides is 1. The van der Waals surface area contributed by atoms with Crippen LogP contribution in [-0.2, 0) is 16.0 Å². The normalized spacial score (nSPS) is 20.9. The Labute approximate surface area is 126 Å². The van der Waals surface area contributed by atoms with Gasteiger partial charge in [-0.25, -0.2) is 0 Å². The molecule has 120 valence electrons. The number of alkyl halides is 2. The standard InChI is InChI=1S/C15H17F2NO4/c16-15(17)22-12-7-2-1-4-9(12)8-13(19)18-11-6-3-5-10(11)14(20)21/h1-2,4,7,10-11,15H,3,5-6,8H2,(H,18,19)(H,20,21)/t10-,11+/m1/s1. The molecular weight excluding hydrogens is 296 g/mol. The summed E-state index contributed by atoms with van der Waals surface area (Å²) < 4.78 is 29.0. The summed E-state index contributed by atoms with van der Waals surface area (Å²) in [6.45, 7) is -2.96. The molecule has 1 aliphatic rings. The molecule has 0 aliphatic heterocycles. The first kappa shape index (κ1) is 16.2. The molecule has 22 heavy (non-hydrogen) atoms. The summed E-state index contributed by atoms with van der Waals surface area (Å²) >= 11 is 0. The summed E-state index contributed by atoms with van der Waals surface area (Å²) in [6.07, 6.45) is 1.75. The third-order valence-corrected chi connectivity index (χ3v) is 3.72. The zero-order chi connectivity index (χ0) is 16.1. The zero-order valence-electron chi connectivity index (χ0n) is 11.8. The SMILES string of the molecule is O=C(Cc1ccccc1OC(F)F)N[C@H]1CCC[C@H]1C(=O)O. The Morgan fingerprint density at radius 3 is 2.73 bits per heavy atom.